The number of rotatable bonds is 0. The van der Waals surface area contributed by atoms with Gasteiger partial charge in [0.25, 0.3) is 0 Å². The number of nitrogens with zero attached hydrogens (tertiary/aromatic N) is 2. The molecule has 62 valence electrons. The summed E-state index contributed by atoms with van der Waals surface area (Å²) in [4.78, 5) is 20.9. The standard InChI is InChI=1S/C5H8N2O4/c8-5(7(9)10)6-1-3-11-4-2-6/h1-4H2. The molecule has 1 fully saturated rings. The summed E-state index contributed by atoms with van der Waals surface area (Å²) in [6.45, 7) is 1.42. The fourth-order valence-electron chi connectivity index (χ4n) is 0.870. The van der Waals surface area contributed by atoms with Gasteiger partial charge in [0.05, 0.1) is 13.2 Å². The Bertz CT molecular complexity index is 175. The highest BCUT2D eigenvalue weighted by molar-refractivity contribution is 5.65. The predicted octanol–water partition coefficient (Wildman–Crippen LogP) is -0.285. The molecule has 1 rings (SSSR count). The monoisotopic (exact) mass is 160 g/mol. The number of nitro groups is 1. The summed E-state index contributed by atoms with van der Waals surface area (Å²) in [5.41, 5.74) is 0. The lowest BCUT2D eigenvalue weighted by molar-refractivity contribution is -0.385. The first-order valence-corrected chi connectivity index (χ1v) is 3.23. The van der Waals surface area contributed by atoms with E-state index in [1.807, 2.05) is 0 Å². The van der Waals surface area contributed by atoms with Crippen LogP contribution in [0.1, 0.15) is 0 Å². The fraction of sp³-hybridized carbons (Fsp3) is 0.800. The number of morpholine rings is 1. The normalized spacial score (nSPS) is 18.0. The van der Waals surface area contributed by atoms with Crippen LogP contribution in [0.25, 0.3) is 0 Å². The van der Waals surface area contributed by atoms with E-state index in [1.54, 1.807) is 0 Å². The quantitative estimate of drug-likeness (QED) is 0.360. The molecule has 1 heterocycles. The lowest BCUT2D eigenvalue weighted by Crippen LogP contribution is -2.42. The number of ether oxygens (including phenoxy) is 1. The molecule has 0 N–H and O–H groups in total. The fourth-order valence-corrected chi connectivity index (χ4v) is 0.870. The van der Waals surface area contributed by atoms with Crippen LogP contribution >= 0.6 is 0 Å². The molecule has 6 nitrogen and oxygen atoms in total. The van der Waals surface area contributed by atoms with Crippen LogP contribution in [0.15, 0.2) is 0 Å². The van der Waals surface area contributed by atoms with Gasteiger partial charge in [0.1, 0.15) is 13.1 Å². The summed E-state index contributed by atoms with van der Waals surface area (Å²) in [6.07, 6.45) is 0. The van der Waals surface area contributed by atoms with Gasteiger partial charge in [-0.25, -0.2) is 4.90 Å². The Balaban J connectivity index is 2.45. The van der Waals surface area contributed by atoms with Crippen molar-refractivity contribution < 1.29 is 14.5 Å². The molecule has 0 aromatic heterocycles. The van der Waals surface area contributed by atoms with Crippen molar-refractivity contribution in [2.75, 3.05) is 26.3 Å². The second-order valence-electron chi connectivity index (χ2n) is 2.14. The van der Waals surface area contributed by atoms with Crippen molar-refractivity contribution in [2.24, 2.45) is 0 Å². The molecule has 6 heteroatoms. The Labute approximate surface area is 62.9 Å². The Morgan fingerprint density at radius 1 is 1.45 bits per heavy atom. The average Bonchev–Trinajstić information content (AvgIpc) is 2.05. The second kappa shape index (κ2) is 3.29. The second-order valence-corrected chi connectivity index (χ2v) is 2.14. The van der Waals surface area contributed by atoms with Crippen molar-refractivity contribution in [1.82, 2.24) is 4.90 Å². The topological polar surface area (TPSA) is 72.7 Å². The minimum atomic E-state index is -1.03. The number of carbonyl (C=O) groups excluding carboxylic acids is 1. The maximum Gasteiger partial charge on any atom is 0.534 e. The Kier molecular flexibility index (Phi) is 2.37. The molecular weight excluding hydrogens is 152 g/mol. The van der Waals surface area contributed by atoms with Crippen molar-refractivity contribution >= 4 is 6.03 Å². The first kappa shape index (κ1) is 7.93. The summed E-state index contributed by atoms with van der Waals surface area (Å²) in [5.74, 6) is 0. The minimum Gasteiger partial charge on any atom is -0.373 e. The molecule has 0 aromatic carbocycles. The number of amides is 2. The van der Waals surface area contributed by atoms with E-state index in [4.69, 9.17) is 4.74 Å². The molecule has 11 heavy (non-hydrogen) atoms. The average molecular weight is 160 g/mol. The highest BCUT2D eigenvalue weighted by Crippen LogP contribution is 1.98. The van der Waals surface area contributed by atoms with Crippen LogP contribution < -0.4 is 0 Å². The van der Waals surface area contributed by atoms with E-state index in [1.165, 1.54) is 4.90 Å². The molecule has 1 aliphatic rings. The highest BCUT2D eigenvalue weighted by Gasteiger charge is 2.26. The molecular formula is C5H8N2O4. The van der Waals surface area contributed by atoms with E-state index in [-0.39, 0.29) is 0 Å². The van der Waals surface area contributed by atoms with Crippen molar-refractivity contribution in [3.63, 3.8) is 0 Å². The SMILES string of the molecule is O=C(N1CCOCC1)[N+](=O)[O-]. The molecule has 0 bridgehead atoms. The maximum atomic E-state index is 10.7. The molecule has 1 aliphatic heterocycles. The van der Waals surface area contributed by atoms with Crippen LogP contribution in [0.5, 0.6) is 0 Å². The van der Waals surface area contributed by atoms with E-state index < -0.39 is 11.0 Å². The number of hydrogen-bond donors (Lipinski definition) is 0. The number of carbonyl (C=O) groups is 1. The van der Waals surface area contributed by atoms with Crippen LogP contribution in [0.4, 0.5) is 4.79 Å². The van der Waals surface area contributed by atoms with Crippen molar-refractivity contribution in [3.8, 4) is 0 Å². The highest BCUT2D eigenvalue weighted by atomic mass is 16.6. The third-order valence-corrected chi connectivity index (χ3v) is 1.44. The van der Waals surface area contributed by atoms with Gasteiger partial charge in [-0.3, -0.25) is 0 Å². The third kappa shape index (κ3) is 1.87. The molecule has 0 aromatic rings. The summed E-state index contributed by atoms with van der Waals surface area (Å²) >= 11 is 0. The predicted molar refractivity (Wildman–Crippen MR) is 34.8 cm³/mol. The Morgan fingerprint density at radius 3 is 2.45 bits per heavy atom. The zero-order valence-corrected chi connectivity index (χ0v) is 5.86. The number of urea groups is 1. The van der Waals surface area contributed by atoms with E-state index in [2.05, 4.69) is 0 Å². The van der Waals surface area contributed by atoms with E-state index in [0.29, 0.717) is 26.3 Å². The summed E-state index contributed by atoms with van der Waals surface area (Å²) in [6, 6.07) is -1.03. The lowest BCUT2D eigenvalue weighted by Gasteiger charge is -2.18. The molecule has 1 saturated heterocycles. The van der Waals surface area contributed by atoms with Gasteiger partial charge in [-0.05, 0) is 0 Å². The van der Waals surface area contributed by atoms with Gasteiger partial charge in [0, 0.05) is 4.92 Å². The molecule has 0 radical (unpaired) electrons. The van der Waals surface area contributed by atoms with Gasteiger partial charge >= 0.3 is 6.03 Å². The van der Waals surface area contributed by atoms with Gasteiger partial charge in [0.2, 0.25) is 0 Å². The summed E-state index contributed by atoms with van der Waals surface area (Å²) in [7, 11) is 0. The lowest BCUT2D eigenvalue weighted by atomic mass is 10.4. The first-order valence-electron chi connectivity index (χ1n) is 3.23. The van der Waals surface area contributed by atoms with Crippen LogP contribution in [0.2, 0.25) is 0 Å². The van der Waals surface area contributed by atoms with Crippen LogP contribution in [-0.2, 0) is 4.74 Å². The van der Waals surface area contributed by atoms with Crippen molar-refractivity contribution in [3.05, 3.63) is 10.1 Å². The van der Waals surface area contributed by atoms with E-state index in [9.17, 15) is 14.9 Å². The maximum absolute atomic E-state index is 10.7. The summed E-state index contributed by atoms with van der Waals surface area (Å²) in [5, 5.41) is 9.97. The molecule has 2 amide bonds. The molecule has 0 aliphatic carbocycles. The van der Waals surface area contributed by atoms with Crippen LogP contribution in [0.3, 0.4) is 0 Å². The first-order chi connectivity index (χ1) is 5.22. The Morgan fingerprint density at radius 2 is 2.00 bits per heavy atom. The van der Waals surface area contributed by atoms with Gasteiger partial charge in [-0.2, -0.15) is 4.79 Å². The molecule has 0 spiro atoms. The number of hydrogen-bond acceptors (Lipinski definition) is 4. The zero-order valence-electron chi connectivity index (χ0n) is 5.86. The zero-order chi connectivity index (χ0) is 8.27. The molecule has 0 saturated carbocycles. The molecule has 0 atom stereocenters. The van der Waals surface area contributed by atoms with Crippen LogP contribution in [0, 0.1) is 10.1 Å². The summed E-state index contributed by atoms with van der Waals surface area (Å²) < 4.78 is 4.91. The van der Waals surface area contributed by atoms with Gasteiger partial charge in [-0.1, -0.05) is 0 Å². The largest absolute Gasteiger partial charge is 0.534 e. The van der Waals surface area contributed by atoms with Crippen molar-refractivity contribution in [1.29, 1.82) is 0 Å². The van der Waals surface area contributed by atoms with E-state index >= 15 is 0 Å². The smallest absolute Gasteiger partial charge is 0.373 e. The minimum absolute atomic E-state index is 0.319. The van der Waals surface area contributed by atoms with Gasteiger partial charge in [-0.15, -0.1) is 0 Å². The van der Waals surface area contributed by atoms with Gasteiger partial charge in [0.15, 0.2) is 0 Å². The van der Waals surface area contributed by atoms with Crippen molar-refractivity contribution in [2.45, 2.75) is 0 Å². The molecule has 0 unspecified atom stereocenters. The van der Waals surface area contributed by atoms with Gasteiger partial charge < -0.3 is 14.9 Å². The van der Waals surface area contributed by atoms with E-state index in [0.717, 1.165) is 0 Å². The third-order valence-electron chi connectivity index (χ3n) is 1.44. The van der Waals surface area contributed by atoms with Crippen LogP contribution in [-0.4, -0.2) is 42.2 Å². The Hall–Kier alpha value is -1.17.